The normalized spacial score (nSPS) is 12.9. The Bertz CT molecular complexity index is 1490. The molecule has 0 bridgehead atoms. The minimum Gasteiger partial charge on any atom is -0.390 e. The largest absolute Gasteiger partial charge is 0.390 e. The van der Waals surface area contributed by atoms with Crippen LogP contribution in [0.5, 0.6) is 0 Å². The highest BCUT2D eigenvalue weighted by Gasteiger charge is 2.31. The van der Waals surface area contributed by atoms with Crippen molar-refractivity contribution < 1.29 is 38.2 Å². The Balaban J connectivity index is 1.88. The lowest BCUT2D eigenvalue weighted by Gasteiger charge is -2.28. The number of hydrogen-bond acceptors (Lipinski definition) is 6. The number of carbonyl (C=O) groups is 4. The molecule has 0 aromatic heterocycles. The van der Waals surface area contributed by atoms with E-state index in [0.29, 0.717) is 32.0 Å². The molecule has 10 nitrogen and oxygen atoms in total. The molecule has 3 rings (SSSR count). The molecule has 0 fully saturated rings. The van der Waals surface area contributed by atoms with Gasteiger partial charge in [0.05, 0.1) is 18.6 Å². The Morgan fingerprint density at radius 1 is 0.826 bits per heavy atom. The molecule has 6 N–H and O–H groups in total. The molecule has 0 aliphatic carbocycles. The fourth-order valence-electron chi connectivity index (χ4n) is 5.00. The summed E-state index contributed by atoms with van der Waals surface area (Å²) in [5, 5.41) is 27.1. The molecule has 12 heteroatoms. The molecule has 246 valence electrons. The highest BCUT2D eigenvalue weighted by atomic mass is 19.1. The van der Waals surface area contributed by atoms with E-state index < -0.39 is 59.9 Å². The first kappa shape index (κ1) is 35.8. The lowest BCUT2D eigenvalue weighted by molar-refractivity contribution is -0.125. The van der Waals surface area contributed by atoms with Gasteiger partial charge in [-0.15, -0.1) is 0 Å². The lowest BCUT2D eigenvalue weighted by atomic mass is 9.95. The Morgan fingerprint density at radius 2 is 1.41 bits per heavy atom. The van der Waals surface area contributed by atoms with Crippen molar-refractivity contribution in [1.29, 1.82) is 0 Å². The van der Waals surface area contributed by atoms with Gasteiger partial charge in [0.25, 0.3) is 11.8 Å². The average Bonchev–Trinajstić information content (AvgIpc) is 3.02. The molecular weight excluding hydrogens is 598 g/mol. The number of halogens is 2. The van der Waals surface area contributed by atoms with Crippen molar-refractivity contribution in [3.8, 4) is 0 Å². The maximum absolute atomic E-state index is 14.0. The maximum atomic E-state index is 14.0. The zero-order chi connectivity index (χ0) is 33.8. The maximum Gasteiger partial charge on any atom is 0.253 e. The van der Waals surface area contributed by atoms with Crippen LogP contribution in [-0.2, 0) is 17.8 Å². The van der Waals surface area contributed by atoms with Crippen molar-refractivity contribution in [3.63, 3.8) is 0 Å². The first-order valence-electron chi connectivity index (χ1n) is 15.1. The molecule has 0 spiro atoms. The minimum absolute atomic E-state index is 0.0442. The second-order valence-electron chi connectivity index (χ2n) is 11.0. The lowest BCUT2D eigenvalue weighted by Crippen LogP contribution is -2.50. The van der Waals surface area contributed by atoms with Gasteiger partial charge in [0.1, 0.15) is 17.7 Å². The van der Waals surface area contributed by atoms with Crippen LogP contribution in [0.25, 0.3) is 0 Å². The van der Waals surface area contributed by atoms with E-state index in [1.807, 2.05) is 19.9 Å². The highest BCUT2D eigenvalue weighted by Crippen LogP contribution is 2.18. The molecule has 3 atom stereocenters. The van der Waals surface area contributed by atoms with Gasteiger partial charge in [-0.3, -0.25) is 19.2 Å². The molecule has 0 aliphatic rings. The van der Waals surface area contributed by atoms with Gasteiger partial charge in [-0.1, -0.05) is 44.2 Å². The van der Waals surface area contributed by atoms with E-state index in [4.69, 9.17) is 5.73 Å². The molecular formula is C34H40F2N4O6. The minimum atomic E-state index is -1.78. The van der Waals surface area contributed by atoms with E-state index in [0.717, 1.165) is 17.7 Å². The Labute approximate surface area is 266 Å². The number of nitrogens with two attached hydrogens (primary N) is 1. The van der Waals surface area contributed by atoms with E-state index >= 15 is 0 Å². The summed E-state index contributed by atoms with van der Waals surface area (Å²) in [6, 6.07) is 14.1. The first-order valence-corrected chi connectivity index (χ1v) is 15.1. The van der Waals surface area contributed by atoms with E-state index in [1.54, 1.807) is 29.2 Å². The number of nitrogens with one attached hydrogen (secondary N) is 2. The van der Waals surface area contributed by atoms with Gasteiger partial charge in [0.15, 0.2) is 0 Å². The molecule has 4 amide bonds. The number of rotatable bonds is 16. The van der Waals surface area contributed by atoms with Crippen LogP contribution >= 0.6 is 0 Å². The topological polar surface area (TPSA) is 162 Å². The third kappa shape index (κ3) is 10.5. The number of carbonyl (C=O) groups excluding carboxylic acids is 4. The quantitative estimate of drug-likeness (QED) is 0.162. The molecule has 0 saturated carbocycles. The van der Waals surface area contributed by atoms with E-state index in [1.165, 1.54) is 18.2 Å². The molecule has 3 unspecified atom stereocenters. The van der Waals surface area contributed by atoms with Crippen LogP contribution in [-0.4, -0.2) is 70.1 Å². The smallest absolute Gasteiger partial charge is 0.253 e. The Hall–Kier alpha value is -4.68. The van der Waals surface area contributed by atoms with Crippen LogP contribution in [0.1, 0.15) is 75.3 Å². The van der Waals surface area contributed by atoms with Gasteiger partial charge < -0.3 is 31.5 Å². The van der Waals surface area contributed by atoms with Crippen LogP contribution in [0, 0.1) is 11.6 Å². The zero-order valence-electron chi connectivity index (χ0n) is 25.8. The predicted octanol–water partition coefficient (Wildman–Crippen LogP) is 3.10. The third-order valence-electron chi connectivity index (χ3n) is 7.23. The predicted molar refractivity (Wildman–Crippen MR) is 168 cm³/mol. The fourth-order valence-corrected chi connectivity index (χ4v) is 5.00. The number of aliphatic hydroxyl groups excluding tert-OH is 2. The second kappa shape index (κ2) is 17.1. The van der Waals surface area contributed by atoms with Crippen molar-refractivity contribution in [2.45, 2.75) is 64.3 Å². The molecule has 46 heavy (non-hydrogen) atoms. The number of benzene rings is 3. The summed E-state index contributed by atoms with van der Waals surface area (Å²) in [4.78, 5) is 53.1. The Morgan fingerprint density at radius 3 is 2.00 bits per heavy atom. The van der Waals surface area contributed by atoms with Gasteiger partial charge in [0.2, 0.25) is 11.8 Å². The van der Waals surface area contributed by atoms with Crippen LogP contribution in [0.15, 0.2) is 66.7 Å². The summed E-state index contributed by atoms with van der Waals surface area (Å²) in [5.74, 6) is -4.53. The standard InChI is InChI=1S/C34H40F2N4O6/c1-3-10-40(11-4-2)34(46)25-16-23(32(37)44)15-24(17-25)33(45)39-28(14-22-12-26(35)18-27(36)13-22)31(43)29(41)19-30(42)38-20-21-8-6-5-7-9-21/h5-9,12-13,15-18,28-29,31,41,43H,3-4,10-11,14,19-20H2,1-2H3,(H2,37,44)(H,38,42)(H,39,45). The van der Waals surface area contributed by atoms with Gasteiger partial charge in [-0.25, -0.2) is 8.78 Å². The first-order chi connectivity index (χ1) is 21.9. The van der Waals surface area contributed by atoms with Crippen molar-refractivity contribution in [2.24, 2.45) is 5.73 Å². The number of nitrogens with zero attached hydrogens (tertiary/aromatic N) is 1. The molecule has 0 radical (unpaired) electrons. The van der Waals surface area contributed by atoms with E-state index in [9.17, 15) is 38.2 Å². The van der Waals surface area contributed by atoms with Crippen molar-refractivity contribution in [2.75, 3.05) is 13.1 Å². The van der Waals surface area contributed by atoms with Crippen molar-refractivity contribution in [3.05, 3.63) is 106 Å². The molecule has 0 heterocycles. The van der Waals surface area contributed by atoms with Gasteiger partial charge in [-0.05, 0) is 60.7 Å². The summed E-state index contributed by atoms with van der Waals surface area (Å²) in [6.07, 6.45) is -2.99. The summed E-state index contributed by atoms with van der Waals surface area (Å²) < 4.78 is 28.0. The van der Waals surface area contributed by atoms with E-state index in [2.05, 4.69) is 10.6 Å². The fraction of sp³-hybridized carbons (Fsp3) is 0.353. The highest BCUT2D eigenvalue weighted by molar-refractivity contribution is 6.04. The number of hydrogen-bond donors (Lipinski definition) is 5. The van der Waals surface area contributed by atoms with Crippen LogP contribution in [0.2, 0.25) is 0 Å². The Kier molecular flexibility index (Phi) is 13.3. The number of aliphatic hydroxyl groups is 2. The van der Waals surface area contributed by atoms with Gasteiger partial charge >= 0.3 is 0 Å². The summed E-state index contributed by atoms with van der Waals surface area (Å²) in [6.45, 7) is 4.89. The number of amides is 4. The zero-order valence-corrected chi connectivity index (χ0v) is 25.8. The molecule has 3 aromatic rings. The summed E-state index contributed by atoms with van der Waals surface area (Å²) in [5.41, 5.74) is 6.15. The molecule has 0 aliphatic heterocycles. The monoisotopic (exact) mass is 638 g/mol. The van der Waals surface area contributed by atoms with Gasteiger partial charge in [-0.2, -0.15) is 0 Å². The van der Waals surface area contributed by atoms with Crippen LogP contribution in [0.4, 0.5) is 8.78 Å². The average molecular weight is 639 g/mol. The van der Waals surface area contributed by atoms with Gasteiger partial charge in [0, 0.05) is 42.4 Å². The van der Waals surface area contributed by atoms with Crippen LogP contribution in [0.3, 0.4) is 0 Å². The van der Waals surface area contributed by atoms with Crippen molar-refractivity contribution in [1.82, 2.24) is 15.5 Å². The number of primary amides is 1. The summed E-state index contributed by atoms with van der Waals surface area (Å²) in [7, 11) is 0. The van der Waals surface area contributed by atoms with Crippen molar-refractivity contribution >= 4 is 23.6 Å². The SMILES string of the molecule is CCCN(CCC)C(=O)c1cc(C(N)=O)cc(C(=O)NC(Cc2cc(F)cc(F)c2)C(O)C(O)CC(=O)NCc2ccccc2)c1. The second-order valence-corrected chi connectivity index (χ2v) is 11.0. The van der Waals surface area contributed by atoms with Crippen LogP contribution < -0.4 is 16.4 Å². The molecule has 3 aromatic carbocycles. The molecule has 0 saturated heterocycles. The third-order valence-corrected chi connectivity index (χ3v) is 7.23. The van der Waals surface area contributed by atoms with E-state index in [-0.39, 0.29) is 35.2 Å². The summed E-state index contributed by atoms with van der Waals surface area (Å²) >= 11 is 0.